The number of hydrogen-bond donors (Lipinski definition) is 22. The van der Waals surface area contributed by atoms with E-state index < -0.39 is 253 Å². The zero-order valence-corrected chi connectivity index (χ0v) is 71.7. The molecule has 676 valence electrons. The van der Waals surface area contributed by atoms with Crippen molar-refractivity contribution in [1.82, 2.24) is 79.8 Å². The fourth-order valence-electron chi connectivity index (χ4n) is 12.2. The minimum absolute atomic E-state index is 0.00534. The van der Waals surface area contributed by atoms with Gasteiger partial charge in [0.2, 0.25) is 100 Å². The number of nitrogens with two attached hydrogens (primary N) is 4. The van der Waals surface area contributed by atoms with E-state index in [0.29, 0.717) is 24.0 Å². The first-order chi connectivity index (χ1) is 56.8. The second-order valence-electron chi connectivity index (χ2n) is 31.7. The molecule has 2 aromatic rings. The highest BCUT2D eigenvalue weighted by Crippen LogP contribution is 2.16. The Hall–Kier alpha value is -11.3. The number of carboxylic acids is 1. The largest absolute Gasteiger partial charge is 0.480 e. The number of aliphatic hydroxyl groups excluding tert-OH is 2. The van der Waals surface area contributed by atoms with Gasteiger partial charge in [-0.05, 0) is 106 Å². The Balaban J connectivity index is 2.38. The van der Waals surface area contributed by atoms with E-state index in [-0.39, 0.29) is 70.3 Å². The number of amides is 17. The first-order valence-corrected chi connectivity index (χ1v) is 40.9. The first kappa shape index (κ1) is 106. The molecule has 40 heteroatoms. The SMILES string of the molecule is CC[C@H](C)[C@H](NC(=O)[C@H](CO)NC(=O)[C@@H](NC(=O)CNC(=O)[C@H](Cc1ccccc1)NC(=O)[C@@H](NC(=O)[C@H](C)NC(=O)[C@H](CC(C)C)NC(=O)[C@H](Cc1ccccc1)NC(=O)[C@H](CCCCN)NC(=O)[C@@H](NC(=O)[C@H](C)NC(=O)[C@@H](NC(=O)[C@H](CO)NC(=O)[C@H](CCC(N)=O)NC(=O)[C@@H](N)CCC(N)=O)[C@@H](C)CC)C(C)C)C(C)C)C(C)C)C(=O)O. The van der Waals surface area contributed by atoms with Crippen LogP contribution in [-0.4, -0.2) is 239 Å². The van der Waals surface area contributed by atoms with Crippen LogP contribution in [-0.2, 0) is 99.1 Å². The zero-order valence-electron chi connectivity index (χ0n) is 71.7. The predicted molar refractivity (Wildman–Crippen MR) is 444 cm³/mol. The molecule has 26 N–H and O–H groups in total. The number of carboxylic acid groups (broad SMARTS) is 1. The Morgan fingerprint density at radius 3 is 1.12 bits per heavy atom. The van der Waals surface area contributed by atoms with E-state index in [9.17, 15) is 102 Å². The van der Waals surface area contributed by atoms with Crippen LogP contribution in [0.3, 0.4) is 0 Å². The van der Waals surface area contributed by atoms with E-state index in [1.54, 1.807) is 144 Å². The molecule has 121 heavy (non-hydrogen) atoms. The van der Waals surface area contributed by atoms with E-state index in [0.717, 1.165) is 0 Å². The number of rotatable bonds is 56. The lowest BCUT2D eigenvalue weighted by atomic mass is 9.97. The molecule has 2 rings (SSSR count). The molecule has 0 radical (unpaired) electrons. The van der Waals surface area contributed by atoms with Crippen LogP contribution in [0.5, 0.6) is 0 Å². The van der Waals surface area contributed by atoms with E-state index in [4.69, 9.17) is 22.9 Å². The average molecular weight is 1710 g/mol. The van der Waals surface area contributed by atoms with Gasteiger partial charge in [-0.15, -0.1) is 0 Å². The Labute approximate surface area is 706 Å². The van der Waals surface area contributed by atoms with Gasteiger partial charge in [0.05, 0.1) is 25.8 Å². The van der Waals surface area contributed by atoms with Gasteiger partial charge in [0.1, 0.15) is 84.6 Å². The van der Waals surface area contributed by atoms with Crippen LogP contribution in [0, 0.1) is 35.5 Å². The van der Waals surface area contributed by atoms with Gasteiger partial charge in [0, 0.05) is 25.7 Å². The quantitative estimate of drug-likeness (QED) is 0.0278. The van der Waals surface area contributed by atoms with Crippen molar-refractivity contribution in [1.29, 1.82) is 0 Å². The summed E-state index contributed by atoms with van der Waals surface area (Å²) in [6, 6.07) is -4.40. The summed E-state index contributed by atoms with van der Waals surface area (Å²) in [4.78, 5) is 244. The number of nitrogens with one attached hydrogen (secondary N) is 15. The molecule has 0 unspecified atom stereocenters. The van der Waals surface area contributed by atoms with Crippen molar-refractivity contribution in [3.8, 4) is 0 Å². The summed E-state index contributed by atoms with van der Waals surface area (Å²) in [5, 5.41) is 68.0. The highest BCUT2D eigenvalue weighted by Gasteiger charge is 2.40. The molecule has 0 aliphatic rings. The molecule has 0 saturated heterocycles. The van der Waals surface area contributed by atoms with Crippen molar-refractivity contribution in [3.05, 3.63) is 71.8 Å². The molecule has 0 spiro atoms. The van der Waals surface area contributed by atoms with Crippen molar-refractivity contribution >= 4 is 106 Å². The minimum atomic E-state index is -1.75. The van der Waals surface area contributed by atoms with Gasteiger partial charge in [0.15, 0.2) is 0 Å². The lowest BCUT2D eigenvalue weighted by Gasteiger charge is -2.29. The zero-order chi connectivity index (χ0) is 91.7. The van der Waals surface area contributed by atoms with Gasteiger partial charge in [-0.3, -0.25) is 81.5 Å². The molecular formula is C81H131N19O21. The third-order valence-corrected chi connectivity index (χ3v) is 20.0. The van der Waals surface area contributed by atoms with Crippen LogP contribution >= 0.6 is 0 Å². The summed E-state index contributed by atoms with van der Waals surface area (Å²) in [7, 11) is 0. The normalized spacial score (nSPS) is 15.5. The number of carbonyl (C=O) groups excluding carboxylic acids is 17. The van der Waals surface area contributed by atoms with Crippen LogP contribution in [0.15, 0.2) is 60.7 Å². The Kier molecular flexibility index (Phi) is 47.3. The Morgan fingerprint density at radius 2 is 0.694 bits per heavy atom. The lowest BCUT2D eigenvalue weighted by Crippen LogP contribution is -2.62. The monoisotopic (exact) mass is 1710 g/mol. The Bertz CT molecular complexity index is 3800. The minimum Gasteiger partial charge on any atom is -0.480 e. The van der Waals surface area contributed by atoms with Crippen LogP contribution < -0.4 is 103 Å². The fourth-order valence-corrected chi connectivity index (χ4v) is 12.2. The third kappa shape index (κ3) is 37.9. The summed E-state index contributed by atoms with van der Waals surface area (Å²) >= 11 is 0. The standard InChI is InChI=1S/C81H131N19O21/c1-15-45(11)65(99-75(114)57(39-101)94-72(111)53(31-33-60(85)104)89-69(108)51(83)30-32-59(84)103)80(119)88-48(14)68(107)97-63(43(7)8)78(117)90-52(29-23-24-34-82)71(110)92-56(37-50-27-21-18-22-28-50)74(113)91-54(35-41(3)4)73(112)87-47(13)67(106)98-64(44(9)10)79(118)93-55(36-49-25-19-17-20-26-49)70(109)86-38-61(105)96-62(42(5)6)77(116)95-58(40-102)76(115)100-66(81(120)121)46(12)16-2/h17-22,25-28,41-48,51-58,62-66,101-102H,15-16,23-24,29-40,82-83H2,1-14H3,(H2,84,103)(H2,85,104)(H,86,109)(H,87,112)(H,88,119)(H,89,108)(H,90,117)(H,91,113)(H,92,110)(H,93,118)(H,94,111)(H,95,116)(H,96,105)(H,97,107)(H,98,106)(H,99,114)(H,100,115)(H,120,121)/t45-,46-,47-,48-,51-,52-,53-,54-,55-,56-,57-,58-,62-,63-,64-,65-,66-/m0/s1. The van der Waals surface area contributed by atoms with Gasteiger partial charge < -0.3 is 118 Å². The number of aliphatic carboxylic acids is 1. The molecule has 2 aromatic carbocycles. The average Bonchev–Trinajstić information content (AvgIpc) is 0.830. The topological polar surface area (TPSA) is 652 Å². The molecule has 0 heterocycles. The number of unbranched alkanes of at least 4 members (excludes halogenated alkanes) is 1. The third-order valence-electron chi connectivity index (χ3n) is 20.0. The van der Waals surface area contributed by atoms with Crippen molar-refractivity contribution in [3.63, 3.8) is 0 Å². The smallest absolute Gasteiger partial charge is 0.326 e. The summed E-state index contributed by atoms with van der Waals surface area (Å²) < 4.78 is 0. The molecule has 0 aliphatic carbocycles. The predicted octanol–water partition coefficient (Wildman–Crippen LogP) is -4.42. The lowest BCUT2D eigenvalue weighted by molar-refractivity contribution is -0.144. The molecule has 17 atom stereocenters. The van der Waals surface area contributed by atoms with Gasteiger partial charge in [0.25, 0.3) is 0 Å². The molecule has 0 aromatic heterocycles. The van der Waals surface area contributed by atoms with Gasteiger partial charge in [-0.1, -0.05) is 157 Å². The molecule has 17 amide bonds. The van der Waals surface area contributed by atoms with Crippen LogP contribution in [0.1, 0.15) is 172 Å². The number of hydrogen-bond acceptors (Lipinski definition) is 22. The van der Waals surface area contributed by atoms with Crippen molar-refractivity contribution < 1.29 is 102 Å². The molecule has 0 bridgehead atoms. The van der Waals surface area contributed by atoms with Crippen LogP contribution in [0.4, 0.5) is 0 Å². The second-order valence-corrected chi connectivity index (χ2v) is 31.7. The number of carbonyl (C=O) groups is 18. The Morgan fingerprint density at radius 1 is 0.355 bits per heavy atom. The van der Waals surface area contributed by atoms with Crippen molar-refractivity contribution in [2.45, 2.75) is 265 Å². The highest BCUT2D eigenvalue weighted by atomic mass is 16.4. The molecule has 0 fully saturated rings. The maximum absolute atomic E-state index is 14.8. The summed E-state index contributed by atoms with van der Waals surface area (Å²) in [5.74, 6) is -19.9. The molecular weight excluding hydrogens is 1580 g/mol. The number of primary amides is 2. The van der Waals surface area contributed by atoms with E-state index in [1.807, 2.05) is 0 Å². The van der Waals surface area contributed by atoms with Gasteiger partial charge in [-0.25, -0.2) is 4.79 Å². The summed E-state index contributed by atoms with van der Waals surface area (Å²) in [6.07, 6.45) is -0.225. The van der Waals surface area contributed by atoms with Crippen LogP contribution in [0.25, 0.3) is 0 Å². The van der Waals surface area contributed by atoms with E-state index >= 15 is 0 Å². The molecule has 0 saturated carbocycles. The first-order valence-electron chi connectivity index (χ1n) is 40.9. The van der Waals surface area contributed by atoms with E-state index in [2.05, 4.69) is 79.8 Å². The number of aliphatic hydroxyl groups is 2. The highest BCUT2D eigenvalue weighted by molar-refractivity contribution is 6.01. The van der Waals surface area contributed by atoms with Crippen LogP contribution in [0.2, 0.25) is 0 Å². The maximum Gasteiger partial charge on any atom is 0.326 e. The fraction of sp³-hybridized carbons (Fsp3) is 0.630. The maximum atomic E-state index is 14.8. The molecule has 0 aliphatic heterocycles. The van der Waals surface area contributed by atoms with Crippen molar-refractivity contribution in [2.24, 2.45) is 58.4 Å². The van der Waals surface area contributed by atoms with Gasteiger partial charge >= 0.3 is 5.97 Å². The molecule has 40 nitrogen and oxygen atoms in total. The van der Waals surface area contributed by atoms with E-state index in [1.165, 1.54) is 13.8 Å². The number of benzene rings is 2. The van der Waals surface area contributed by atoms with Crippen molar-refractivity contribution in [2.75, 3.05) is 26.3 Å². The second kappa shape index (κ2) is 54.1. The summed E-state index contributed by atoms with van der Waals surface area (Å²) in [6.45, 7) is 19.8. The summed E-state index contributed by atoms with van der Waals surface area (Å²) in [5.41, 5.74) is 23.3. The van der Waals surface area contributed by atoms with Gasteiger partial charge in [-0.2, -0.15) is 0 Å².